The number of hydrazone groups is 1. The van der Waals surface area contributed by atoms with Crippen LogP contribution in [0.5, 0.6) is 0 Å². The third-order valence-corrected chi connectivity index (χ3v) is 2.78. The minimum Gasteiger partial charge on any atom is -0.341 e. The summed E-state index contributed by atoms with van der Waals surface area (Å²) in [5.74, 6) is -1.15. The van der Waals surface area contributed by atoms with Crippen LogP contribution in [0.15, 0.2) is 22.1 Å². The number of hydrogen-bond donors (Lipinski definition) is 0. The van der Waals surface area contributed by atoms with E-state index in [0.29, 0.717) is 13.1 Å². The Morgan fingerprint density at radius 1 is 1.59 bits per heavy atom. The van der Waals surface area contributed by atoms with E-state index >= 15 is 0 Å². The van der Waals surface area contributed by atoms with E-state index in [2.05, 4.69) is 10.3 Å². The van der Waals surface area contributed by atoms with Crippen LogP contribution >= 0.6 is 0 Å². The van der Waals surface area contributed by atoms with Gasteiger partial charge in [-0.2, -0.15) is 4.39 Å². The lowest BCUT2D eigenvalue weighted by molar-refractivity contribution is -0.135. The van der Waals surface area contributed by atoms with E-state index in [1.165, 1.54) is 6.08 Å². The highest BCUT2D eigenvalue weighted by molar-refractivity contribution is 6.46. The van der Waals surface area contributed by atoms with Crippen molar-refractivity contribution in [1.29, 1.82) is 0 Å². The van der Waals surface area contributed by atoms with Crippen molar-refractivity contribution in [3.05, 3.63) is 11.8 Å². The van der Waals surface area contributed by atoms with Crippen LogP contribution in [0.25, 0.3) is 0 Å². The first kappa shape index (κ1) is 11.7. The van der Waals surface area contributed by atoms with E-state index in [9.17, 15) is 13.7 Å². The molecule has 2 rings (SSSR count). The first-order valence-electron chi connectivity index (χ1n) is 5.32. The third-order valence-electron chi connectivity index (χ3n) is 2.78. The monoisotopic (exact) mass is 242 g/mol. The van der Waals surface area contributed by atoms with E-state index in [0.717, 1.165) is 11.4 Å². The van der Waals surface area contributed by atoms with Gasteiger partial charge in [-0.3, -0.25) is 9.80 Å². The molecule has 0 N–H and O–H groups in total. The minimum absolute atomic E-state index is 0.0912. The second-order valence-corrected chi connectivity index (χ2v) is 3.79. The first-order valence-corrected chi connectivity index (χ1v) is 5.32. The normalized spacial score (nSPS) is 24.3. The summed E-state index contributed by atoms with van der Waals surface area (Å²) in [6.45, 7) is 2.95. The predicted molar refractivity (Wildman–Crippen MR) is 58.7 cm³/mol. The van der Waals surface area contributed by atoms with E-state index in [1.54, 1.807) is 11.8 Å². The fraction of sp³-hybridized carbons (Fsp3) is 0.500. The van der Waals surface area contributed by atoms with Crippen molar-refractivity contribution in [2.75, 3.05) is 19.6 Å². The summed E-state index contributed by atoms with van der Waals surface area (Å²) in [7, 11) is 0. The maximum atomic E-state index is 13.2. The quantitative estimate of drug-likeness (QED) is 0.726. The average Bonchev–Trinajstić information content (AvgIpc) is 2.50. The van der Waals surface area contributed by atoms with Crippen molar-refractivity contribution in [3.63, 3.8) is 0 Å². The van der Waals surface area contributed by atoms with Gasteiger partial charge in [0.25, 0.3) is 5.97 Å². The van der Waals surface area contributed by atoms with Crippen LogP contribution in [0.2, 0.25) is 0 Å². The molecule has 17 heavy (non-hydrogen) atoms. The highest BCUT2D eigenvalue weighted by Crippen LogP contribution is 2.19. The zero-order valence-corrected chi connectivity index (χ0v) is 9.36. The highest BCUT2D eigenvalue weighted by Gasteiger charge is 2.31. The van der Waals surface area contributed by atoms with E-state index in [-0.39, 0.29) is 18.1 Å². The van der Waals surface area contributed by atoms with E-state index in [4.69, 9.17) is 0 Å². The number of halogens is 2. The molecule has 0 atom stereocenters. The van der Waals surface area contributed by atoms with Crippen molar-refractivity contribution in [1.82, 2.24) is 9.91 Å². The third kappa shape index (κ3) is 2.04. The van der Waals surface area contributed by atoms with Crippen LogP contribution in [0.3, 0.4) is 0 Å². The average molecular weight is 242 g/mol. The fourth-order valence-electron chi connectivity index (χ4n) is 1.71. The summed E-state index contributed by atoms with van der Waals surface area (Å²) in [5, 5.41) is 6.94. The Hall–Kier alpha value is -1.79. The Balaban J connectivity index is 2.08. The lowest BCUT2D eigenvalue weighted by Crippen LogP contribution is -2.46. The molecule has 0 bridgehead atoms. The second kappa shape index (κ2) is 4.60. The summed E-state index contributed by atoms with van der Waals surface area (Å²) in [6.07, 6.45) is 2.45. The number of carbonyl (C=O) groups is 1. The lowest BCUT2D eigenvalue weighted by Gasteiger charge is -2.32. The van der Waals surface area contributed by atoms with Gasteiger partial charge < -0.3 is 4.90 Å². The molecule has 0 aromatic heterocycles. The molecule has 1 fully saturated rings. The molecule has 2 aliphatic heterocycles. The number of rotatable bonds is 2. The predicted octanol–water partition coefficient (Wildman–Crippen LogP) is 1.05. The molecule has 1 amide bonds. The fourth-order valence-corrected chi connectivity index (χ4v) is 1.71. The van der Waals surface area contributed by atoms with Gasteiger partial charge in [0, 0.05) is 13.1 Å². The first-order chi connectivity index (χ1) is 8.17. The number of likely N-dealkylation sites (tertiary alicyclic amines) is 1. The Kier molecular flexibility index (Phi) is 3.16. The van der Waals surface area contributed by atoms with Crippen molar-refractivity contribution in [3.8, 4) is 0 Å². The summed E-state index contributed by atoms with van der Waals surface area (Å²) in [5.41, 5.74) is -0.275. The van der Waals surface area contributed by atoms with Crippen LogP contribution < -0.4 is 0 Å². The van der Waals surface area contributed by atoms with Crippen molar-refractivity contribution >= 4 is 17.6 Å². The Bertz CT molecular complexity index is 426. The van der Waals surface area contributed by atoms with Gasteiger partial charge in [0.05, 0.1) is 5.70 Å². The molecule has 0 aliphatic carbocycles. The van der Waals surface area contributed by atoms with Gasteiger partial charge in [0.1, 0.15) is 6.54 Å². The standard InChI is InChI=1S/C10H12F2N4O/c1-2-7-9(13-12)10(11)14-16(7)6-8(17)15-4-3-5-15/h2H,3-6H2,1H3. The van der Waals surface area contributed by atoms with Crippen LogP contribution in [0.1, 0.15) is 13.3 Å². The number of nitrogens with zero attached hydrogens (tertiary/aromatic N) is 4. The van der Waals surface area contributed by atoms with Gasteiger partial charge in [-0.1, -0.05) is 15.8 Å². The Morgan fingerprint density at radius 3 is 2.76 bits per heavy atom. The van der Waals surface area contributed by atoms with Gasteiger partial charge >= 0.3 is 0 Å². The zero-order chi connectivity index (χ0) is 12.4. The molecule has 0 aromatic carbocycles. The molecular formula is C10H12F2N4O. The summed E-state index contributed by atoms with van der Waals surface area (Å²) in [4.78, 5) is 13.3. The number of carbonyl (C=O) groups excluding carboxylic acids is 1. The number of amides is 1. The van der Waals surface area contributed by atoms with E-state index < -0.39 is 11.7 Å². The SMILES string of the molecule is CC=C1C(=NF)C(F)=NN1CC(=O)N1CCC1. The number of hydrogen-bond acceptors (Lipinski definition) is 4. The topological polar surface area (TPSA) is 48.3 Å². The summed E-state index contributed by atoms with van der Waals surface area (Å²) < 4.78 is 25.4. The Morgan fingerprint density at radius 2 is 2.29 bits per heavy atom. The molecule has 0 radical (unpaired) electrons. The van der Waals surface area contributed by atoms with Crippen molar-refractivity contribution in [2.45, 2.75) is 13.3 Å². The Labute approximate surface area is 97.0 Å². The molecule has 2 aliphatic rings. The van der Waals surface area contributed by atoms with Gasteiger partial charge in [0.15, 0.2) is 5.71 Å². The van der Waals surface area contributed by atoms with Crippen LogP contribution in [0.4, 0.5) is 8.87 Å². The molecule has 1 saturated heterocycles. The van der Waals surface area contributed by atoms with E-state index in [1.807, 2.05) is 0 Å². The molecular weight excluding hydrogens is 230 g/mol. The molecule has 0 saturated carbocycles. The van der Waals surface area contributed by atoms with Gasteiger partial charge in [-0.05, 0) is 13.3 Å². The molecule has 2 heterocycles. The maximum Gasteiger partial charge on any atom is 0.261 e. The van der Waals surface area contributed by atoms with Crippen LogP contribution in [-0.4, -0.2) is 47.1 Å². The smallest absolute Gasteiger partial charge is 0.261 e. The minimum atomic E-state index is -1.00. The number of allylic oxidation sites excluding steroid dienone is 2. The zero-order valence-electron chi connectivity index (χ0n) is 9.36. The highest BCUT2D eigenvalue weighted by atomic mass is 19.2. The summed E-state index contributed by atoms with van der Waals surface area (Å²) >= 11 is 0. The van der Waals surface area contributed by atoms with Gasteiger partial charge in [-0.15, -0.1) is 5.10 Å². The molecule has 0 aromatic rings. The van der Waals surface area contributed by atoms with Crippen LogP contribution in [-0.2, 0) is 4.79 Å². The van der Waals surface area contributed by atoms with Crippen LogP contribution in [0, 0.1) is 0 Å². The van der Waals surface area contributed by atoms with Gasteiger partial charge in [0.2, 0.25) is 5.91 Å². The molecule has 5 nitrogen and oxygen atoms in total. The molecule has 0 spiro atoms. The summed E-state index contributed by atoms with van der Waals surface area (Å²) in [6, 6.07) is 0. The molecule has 7 heteroatoms. The maximum absolute atomic E-state index is 13.2. The van der Waals surface area contributed by atoms with Crippen molar-refractivity contribution in [2.24, 2.45) is 10.3 Å². The van der Waals surface area contributed by atoms with Crippen molar-refractivity contribution < 1.29 is 13.7 Å². The van der Waals surface area contributed by atoms with Gasteiger partial charge in [-0.25, -0.2) is 0 Å². The molecule has 92 valence electrons. The second-order valence-electron chi connectivity index (χ2n) is 3.79. The molecule has 0 unspecified atom stereocenters. The largest absolute Gasteiger partial charge is 0.341 e. The lowest BCUT2D eigenvalue weighted by atomic mass is 10.2.